The van der Waals surface area contributed by atoms with Crippen LogP contribution in [-0.2, 0) is 0 Å². The molecule has 2 aromatic carbocycles. The second-order valence-corrected chi connectivity index (χ2v) is 6.26. The monoisotopic (exact) mass is 356 g/mol. The van der Waals surface area contributed by atoms with Gasteiger partial charge in [0.25, 0.3) is 0 Å². The van der Waals surface area contributed by atoms with E-state index in [2.05, 4.69) is 26.2 Å². The first-order valence-corrected chi connectivity index (χ1v) is 7.39. The van der Waals surface area contributed by atoms with Crippen LogP contribution in [0.4, 0.5) is 15.2 Å². The lowest BCUT2D eigenvalue weighted by atomic mass is 10.3. The highest BCUT2D eigenvalue weighted by Gasteiger charge is 2.08. The third-order valence-electron chi connectivity index (χ3n) is 2.52. The van der Waals surface area contributed by atoms with E-state index in [-0.39, 0.29) is 5.82 Å². The van der Waals surface area contributed by atoms with Crippen molar-refractivity contribution in [3.63, 3.8) is 0 Å². The lowest BCUT2D eigenvalue weighted by molar-refractivity contribution is 0.632. The highest BCUT2D eigenvalue weighted by Crippen LogP contribution is 2.31. The number of aromatic nitrogens is 1. The molecule has 1 aromatic heterocycles. The van der Waals surface area contributed by atoms with Crippen molar-refractivity contribution >= 4 is 59.9 Å². The van der Waals surface area contributed by atoms with E-state index in [1.54, 1.807) is 6.07 Å². The molecule has 0 fully saturated rings. The summed E-state index contributed by atoms with van der Waals surface area (Å²) < 4.78 is 15.6. The summed E-state index contributed by atoms with van der Waals surface area (Å²) in [5, 5.41) is 4.07. The van der Waals surface area contributed by atoms with Gasteiger partial charge in [-0.15, -0.1) is 0 Å². The van der Waals surface area contributed by atoms with E-state index in [0.29, 0.717) is 15.8 Å². The number of fused-ring (bicyclic) bond motifs is 1. The van der Waals surface area contributed by atoms with Crippen molar-refractivity contribution in [1.29, 1.82) is 0 Å². The van der Waals surface area contributed by atoms with Crippen LogP contribution < -0.4 is 5.32 Å². The highest BCUT2D eigenvalue weighted by molar-refractivity contribution is 9.10. The standard InChI is InChI=1S/C13H7BrClFN2S/c14-7-1-4-12-11(5-7)18-13(19-12)17-10-6-8(15)2-3-9(10)16/h1-6H,(H,17,18). The zero-order valence-electron chi connectivity index (χ0n) is 9.45. The third-order valence-corrected chi connectivity index (χ3v) is 4.20. The topological polar surface area (TPSA) is 24.9 Å². The number of nitrogens with zero attached hydrogens (tertiary/aromatic N) is 1. The molecule has 6 heteroatoms. The van der Waals surface area contributed by atoms with Crippen LogP contribution in [0.1, 0.15) is 0 Å². The second-order valence-electron chi connectivity index (χ2n) is 3.88. The van der Waals surface area contributed by atoms with Crippen LogP contribution in [0, 0.1) is 5.82 Å². The summed E-state index contributed by atoms with van der Waals surface area (Å²) >= 11 is 10.7. The maximum absolute atomic E-state index is 13.6. The summed E-state index contributed by atoms with van der Waals surface area (Å²) in [6, 6.07) is 10.2. The van der Waals surface area contributed by atoms with Crippen LogP contribution in [0.15, 0.2) is 40.9 Å². The Morgan fingerprint density at radius 2 is 2.05 bits per heavy atom. The van der Waals surface area contributed by atoms with Crippen molar-refractivity contribution in [2.45, 2.75) is 0 Å². The molecule has 0 bridgehead atoms. The Morgan fingerprint density at radius 1 is 1.21 bits per heavy atom. The van der Waals surface area contributed by atoms with Crippen molar-refractivity contribution in [3.8, 4) is 0 Å². The average Bonchev–Trinajstić information content (AvgIpc) is 2.75. The molecule has 0 saturated heterocycles. The zero-order valence-corrected chi connectivity index (χ0v) is 12.6. The van der Waals surface area contributed by atoms with E-state index in [0.717, 1.165) is 14.7 Å². The molecule has 1 heterocycles. The summed E-state index contributed by atoms with van der Waals surface area (Å²) in [5.41, 5.74) is 1.19. The van der Waals surface area contributed by atoms with E-state index >= 15 is 0 Å². The Balaban J connectivity index is 1.98. The predicted octanol–water partition coefficient (Wildman–Crippen LogP) is 5.59. The van der Waals surface area contributed by atoms with E-state index in [1.165, 1.54) is 23.5 Å². The summed E-state index contributed by atoms with van der Waals surface area (Å²) in [5.74, 6) is -0.357. The molecular formula is C13H7BrClFN2S. The highest BCUT2D eigenvalue weighted by atomic mass is 79.9. The van der Waals surface area contributed by atoms with Gasteiger partial charge in [0, 0.05) is 9.50 Å². The minimum atomic E-state index is -0.357. The Morgan fingerprint density at radius 3 is 2.89 bits per heavy atom. The zero-order chi connectivity index (χ0) is 13.4. The van der Waals surface area contributed by atoms with Gasteiger partial charge in [0.1, 0.15) is 5.82 Å². The summed E-state index contributed by atoms with van der Waals surface area (Å²) in [6.45, 7) is 0. The van der Waals surface area contributed by atoms with Crippen molar-refractivity contribution < 1.29 is 4.39 Å². The molecule has 0 unspecified atom stereocenters. The van der Waals surface area contributed by atoms with E-state index in [1.807, 2.05) is 18.2 Å². The first-order valence-electron chi connectivity index (χ1n) is 5.40. The maximum atomic E-state index is 13.6. The molecule has 0 saturated carbocycles. The maximum Gasteiger partial charge on any atom is 0.188 e. The molecule has 0 aliphatic rings. The van der Waals surface area contributed by atoms with Crippen LogP contribution in [0.2, 0.25) is 5.02 Å². The van der Waals surface area contributed by atoms with Gasteiger partial charge in [-0.2, -0.15) is 0 Å². The predicted molar refractivity (Wildman–Crippen MR) is 82.0 cm³/mol. The van der Waals surface area contributed by atoms with Gasteiger partial charge in [0.15, 0.2) is 5.13 Å². The smallest absolute Gasteiger partial charge is 0.188 e. The fourth-order valence-electron chi connectivity index (χ4n) is 1.66. The largest absolute Gasteiger partial charge is 0.329 e. The molecule has 0 aliphatic heterocycles. The molecule has 19 heavy (non-hydrogen) atoms. The Bertz CT molecular complexity index is 759. The van der Waals surface area contributed by atoms with E-state index in [9.17, 15) is 4.39 Å². The number of anilines is 2. The summed E-state index contributed by atoms with van der Waals surface area (Å²) in [4.78, 5) is 4.41. The fourth-order valence-corrected chi connectivity index (χ4v) is 3.04. The number of nitrogens with one attached hydrogen (secondary N) is 1. The van der Waals surface area contributed by atoms with Crippen molar-refractivity contribution in [2.75, 3.05) is 5.32 Å². The van der Waals surface area contributed by atoms with Crippen LogP contribution in [0.5, 0.6) is 0 Å². The van der Waals surface area contributed by atoms with Crippen molar-refractivity contribution in [3.05, 3.63) is 51.7 Å². The first kappa shape index (κ1) is 12.8. The molecule has 2 nitrogen and oxygen atoms in total. The Kier molecular flexibility index (Phi) is 3.43. The lowest BCUT2D eigenvalue weighted by Gasteiger charge is -2.03. The molecule has 96 valence electrons. The summed E-state index contributed by atoms with van der Waals surface area (Å²) in [6.07, 6.45) is 0. The van der Waals surface area contributed by atoms with Gasteiger partial charge < -0.3 is 5.32 Å². The van der Waals surface area contributed by atoms with E-state index in [4.69, 9.17) is 11.6 Å². The minimum absolute atomic E-state index is 0.325. The van der Waals surface area contributed by atoms with Gasteiger partial charge in [0.2, 0.25) is 0 Å². The molecule has 1 N–H and O–H groups in total. The molecule has 0 atom stereocenters. The SMILES string of the molecule is Fc1ccc(Cl)cc1Nc1nc2cc(Br)ccc2s1. The summed E-state index contributed by atoms with van der Waals surface area (Å²) in [7, 11) is 0. The molecule has 0 aliphatic carbocycles. The number of halogens is 3. The van der Waals surface area contributed by atoms with E-state index < -0.39 is 0 Å². The van der Waals surface area contributed by atoms with Crippen LogP contribution >= 0.6 is 38.9 Å². The third kappa shape index (κ3) is 2.73. The second kappa shape index (κ2) is 5.07. The first-order chi connectivity index (χ1) is 9.11. The molecule has 0 spiro atoms. The van der Waals surface area contributed by atoms with Gasteiger partial charge in [-0.1, -0.05) is 38.9 Å². The molecular weight excluding hydrogens is 351 g/mol. The minimum Gasteiger partial charge on any atom is -0.329 e. The lowest BCUT2D eigenvalue weighted by Crippen LogP contribution is -1.92. The molecule has 3 aromatic rings. The van der Waals surface area contributed by atoms with Crippen molar-refractivity contribution in [1.82, 2.24) is 4.98 Å². The molecule has 0 radical (unpaired) electrons. The van der Waals surface area contributed by atoms with Crippen LogP contribution in [-0.4, -0.2) is 4.98 Å². The van der Waals surface area contributed by atoms with Crippen LogP contribution in [0.3, 0.4) is 0 Å². The number of thiazole rings is 1. The van der Waals surface area contributed by atoms with Gasteiger partial charge >= 0.3 is 0 Å². The number of hydrogen-bond donors (Lipinski definition) is 1. The average molecular weight is 358 g/mol. The Labute approximate surface area is 126 Å². The van der Waals surface area contributed by atoms with Gasteiger partial charge in [0.05, 0.1) is 15.9 Å². The van der Waals surface area contributed by atoms with Gasteiger partial charge in [-0.05, 0) is 36.4 Å². The van der Waals surface area contributed by atoms with Crippen LogP contribution in [0.25, 0.3) is 10.2 Å². The van der Waals surface area contributed by atoms with Crippen molar-refractivity contribution in [2.24, 2.45) is 0 Å². The number of benzene rings is 2. The normalized spacial score (nSPS) is 10.9. The van der Waals surface area contributed by atoms with Gasteiger partial charge in [-0.25, -0.2) is 9.37 Å². The number of rotatable bonds is 2. The quantitative estimate of drug-likeness (QED) is 0.646. The fraction of sp³-hybridized carbons (Fsp3) is 0. The molecule has 3 rings (SSSR count). The number of hydrogen-bond acceptors (Lipinski definition) is 3. The molecule has 0 amide bonds. The Hall–Kier alpha value is -1.17. The van der Waals surface area contributed by atoms with Gasteiger partial charge in [-0.3, -0.25) is 0 Å².